The van der Waals surface area contributed by atoms with Gasteiger partial charge in [0.2, 0.25) is 5.91 Å². The fraction of sp³-hybridized carbons (Fsp3) is 0.692. The van der Waals surface area contributed by atoms with E-state index in [1.807, 2.05) is 24.8 Å². The number of aryl methyl sites for hydroxylation is 1. The van der Waals surface area contributed by atoms with Crippen LogP contribution >= 0.6 is 0 Å². The summed E-state index contributed by atoms with van der Waals surface area (Å²) in [6.07, 6.45) is 3.12. The lowest BCUT2D eigenvalue weighted by molar-refractivity contribution is -0.140. The summed E-state index contributed by atoms with van der Waals surface area (Å²) in [6.45, 7) is 5.26. The topological polar surface area (TPSA) is 55.6 Å². The van der Waals surface area contributed by atoms with Gasteiger partial charge in [-0.25, -0.2) is 0 Å². The van der Waals surface area contributed by atoms with E-state index in [1.54, 1.807) is 0 Å². The van der Waals surface area contributed by atoms with Crippen LogP contribution in [-0.2, 0) is 9.53 Å². The molecule has 1 aromatic rings. The molecular weight excluding hydrogens is 232 g/mol. The maximum absolute atomic E-state index is 12.1. The number of rotatable bonds is 4. The van der Waals surface area contributed by atoms with E-state index in [0.717, 1.165) is 37.3 Å². The van der Waals surface area contributed by atoms with Gasteiger partial charge in [-0.1, -0.05) is 5.16 Å². The summed E-state index contributed by atoms with van der Waals surface area (Å²) in [5.74, 6) is 0.829. The first-order chi connectivity index (χ1) is 8.72. The molecule has 100 valence electrons. The van der Waals surface area contributed by atoms with Crippen molar-refractivity contribution in [3.63, 3.8) is 0 Å². The number of hydrogen-bond donors (Lipinski definition) is 0. The summed E-state index contributed by atoms with van der Waals surface area (Å²) in [6, 6.07) is 1.96. The smallest absolute Gasteiger partial charge is 0.249 e. The fourth-order valence-corrected chi connectivity index (χ4v) is 2.35. The van der Waals surface area contributed by atoms with Crippen LogP contribution in [0.2, 0.25) is 0 Å². The Balaban J connectivity index is 2.08. The Labute approximate surface area is 107 Å². The Kier molecular flexibility index (Phi) is 4.36. The normalized spacial score (nSPS) is 20.1. The van der Waals surface area contributed by atoms with Crippen molar-refractivity contribution in [1.82, 2.24) is 10.1 Å². The molecule has 1 aliphatic heterocycles. The van der Waals surface area contributed by atoms with Gasteiger partial charge in [0.05, 0.1) is 6.04 Å². The standard InChI is InChI=1S/C13H20N2O3/c1-3-17-9-13(16)15-7-5-4-6-12(15)11-8-10(2)18-14-11/h8,12H,3-7,9H2,1-2H3/t12-/m1/s1. The zero-order chi connectivity index (χ0) is 13.0. The Morgan fingerprint density at radius 3 is 3.11 bits per heavy atom. The van der Waals surface area contributed by atoms with Gasteiger partial charge < -0.3 is 14.2 Å². The molecule has 1 aliphatic rings. The van der Waals surface area contributed by atoms with Crippen LogP contribution in [0.25, 0.3) is 0 Å². The maximum atomic E-state index is 12.1. The van der Waals surface area contributed by atoms with Crippen LogP contribution in [0, 0.1) is 6.92 Å². The van der Waals surface area contributed by atoms with E-state index in [-0.39, 0.29) is 18.6 Å². The molecule has 0 aliphatic carbocycles. The minimum Gasteiger partial charge on any atom is -0.372 e. The number of nitrogens with zero attached hydrogens (tertiary/aromatic N) is 2. The number of amides is 1. The highest BCUT2D eigenvalue weighted by Gasteiger charge is 2.29. The summed E-state index contributed by atoms with van der Waals surface area (Å²) in [7, 11) is 0. The first kappa shape index (κ1) is 13.1. The molecule has 18 heavy (non-hydrogen) atoms. The summed E-state index contributed by atoms with van der Waals surface area (Å²) in [5.41, 5.74) is 0.858. The average Bonchev–Trinajstić information content (AvgIpc) is 2.82. The summed E-state index contributed by atoms with van der Waals surface area (Å²) in [5, 5.41) is 4.04. The summed E-state index contributed by atoms with van der Waals surface area (Å²) < 4.78 is 10.3. The van der Waals surface area contributed by atoms with Crippen molar-refractivity contribution >= 4 is 5.91 Å². The van der Waals surface area contributed by atoms with E-state index in [1.165, 1.54) is 0 Å². The monoisotopic (exact) mass is 252 g/mol. The highest BCUT2D eigenvalue weighted by Crippen LogP contribution is 2.30. The Morgan fingerprint density at radius 1 is 1.61 bits per heavy atom. The number of aromatic nitrogens is 1. The van der Waals surface area contributed by atoms with Gasteiger partial charge in [-0.2, -0.15) is 0 Å². The summed E-state index contributed by atoms with van der Waals surface area (Å²) in [4.78, 5) is 14.0. The lowest BCUT2D eigenvalue weighted by Crippen LogP contribution is -2.40. The van der Waals surface area contributed by atoms with Crippen LogP contribution in [0.4, 0.5) is 0 Å². The predicted octanol–water partition coefficient (Wildman–Crippen LogP) is 2.07. The molecule has 2 rings (SSSR count). The van der Waals surface area contributed by atoms with Crippen molar-refractivity contribution in [2.24, 2.45) is 0 Å². The molecule has 0 radical (unpaired) electrons. The molecule has 0 N–H and O–H groups in total. The molecule has 1 atom stereocenters. The highest BCUT2D eigenvalue weighted by atomic mass is 16.5. The van der Waals surface area contributed by atoms with Gasteiger partial charge in [0.15, 0.2) is 0 Å². The van der Waals surface area contributed by atoms with Crippen molar-refractivity contribution < 1.29 is 14.1 Å². The first-order valence-electron chi connectivity index (χ1n) is 6.52. The molecule has 1 fully saturated rings. The van der Waals surface area contributed by atoms with E-state index >= 15 is 0 Å². The van der Waals surface area contributed by atoms with Gasteiger partial charge in [0.25, 0.3) is 0 Å². The molecular formula is C13H20N2O3. The van der Waals surface area contributed by atoms with Crippen LogP contribution in [0.1, 0.15) is 43.7 Å². The van der Waals surface area contributed by atoms with E-state index in [4.69, 9.17) is 9.26 Å². The van der Waals surface area contributed by atoms with Crippen LogP contribution in [0.5, 0.6) is 0 Å². The molecule has 0 aromatic carbocycles. The molecule has 0 spiro atoms. The number of carbonyl (C=O) groups is 1. The minimum atomic E-state index is 0.0437. The second-order valence-electron chi connectivity index (χ2n) is 4.60. The van der Waals surface area contributed by atoms with Crippen LogP contribution in [0.3, 0.4) is 0 Å². The second-order valence-corrected chi connectivity index (χ2v) is 4.60. The molecule has 1 aromatic heterocycles. The zero-order valence-electron chi connectivity index (χ0n) is 11.0. The third-order valence-electron chi connectivity index (χ3n) is 3.24. The lowest BCUT2D eigenvalue weighted by atomic mass is 9.99. The molecule has 0 bridgehead atoms. The van der Waals surface area contributed by atoms with Gasteiger partial charge in [-0.3, -0.25) is 4.79 Å². The predicted molar refractivity (Wildman–Crippen MR) is 66.0 cm³/mol. The van der Waals surface area contributed by atoms with Crippen molar-refractivity contribution in [3.8, 4) is 0 Å². The van der Waals surface area contributed by atoms with Crippen molar-refractivity contribution in [2.75, 3.05) is 19.8 Å². The average molecular weight is 252 g/mol. The Hall–Kier alpha value is -1.36. The molecule has 5 nitrogen and oxygen atoms in total. The number of likely N-dealkylation sites (tertiary alicyclic amines) is 1. The number of hydrogen-bond acceptors (Lipinski definition) is 4. The van der Waals surface area contributed by atoms with Crippen LogP contribution in [-0.4, -0.2) is 35.7 Å². The van der Waals surface area contributed by atoms with Crippen molar-refractivity contribution in [3.05, 3.63) is 17.5 Å². The largest absolute Gasteiger partial charge is 0.372 e. The van der Waals surface area contributed by atoms with Crippen molar-refractivity contribution in [1.29, 1.82) is 0 Å². The molecule has 0 unspecified atom stereocenters. The fourth-order valence-electron chi connectivity index (χ4n) is 2.35. The number of ether oxygens (including phenoxy) is 1. The summed E-state index contributed by atoms with van der Waals surface area (Å²) >= 11 is 0. The third-order valence-corrected chi connectivity index (χ3v) is 3.24. The van der Waals surface area contributed by atoms with Gasteiger partial charge in [-0.05, 0) is 33.1 Å². The molecule has 1 saturated heterocycles. The maximum Gasteiger partial charge on any atom is 0.249 e. The van der Waals surface area contributed by atoms with Crippen LogP contribution in [0.15, 0.2) is 10.6 Å². The number of piperidine rings is 1. The van der Waals surface area contributed by atoms with Gasteiger partial charge in [-0.15, -0.1) is 0 Å². The van der Waals surface area contributed by atoms with E-state index in [0.29, 0.717) is 6.61 Å². The molecule has 1 amide bonds. The molecule has 0 saturated carbocycles. The van der Waals surface area contributed by atoms with Crippen LogP contribution < -0.4 is 0 Å². The zero-order valence-corrected chi connectivity index (χ0v) is 11.0. The lowest BCUT2D eigenvalue weighted by Gasteiger charge is -2.34. The number of carbonyl (C=O) groups excluding carboxylic acids is 1. The molecule has 5 heteroatoms. The van der Waals surface area contributed by atoms with Gasteiger partial charge in [0.1, 0.15) is 18.1 Å². The van der Waals surface area contributed by atoms with E-state index in [9.17, 15) is 4.79 Å². The Morgan fingerprint density at radius 2 is 2.44 bits per heavy atom. The third kappa shape index (κ3) is 2.90. The first-order valence-corrected chi connectivity index (χ1v) is 6.52. The van der Waals surface area contributed by atoms with E-state index < -0.39 is 0 Å². The Bertz CT molecular complexity index is 403. The highest BCUT2D eigenvalue weighted by molar-refractivity contribution is 5.78. The quantitative estimate of drug-likeness (QED) is 0.823. The SMILES string of the molecule is CCOCC(=O)N1CCCC[C@@H]1c1cc(C)on1. The second kappa shape index (κ2) is 6.00. The molecule has 2 heterocycles. The van der Waals surface area contributed by atoms with Gasteiger partial charge >= 0.3 is 0 Å². The van der Waals surface area contributed by atoms with Gasteiger partial charge in [0, 0.05) is 19.2 Å². The van der Waals surface area contributed by atoms with E-state index in [2.05, 4.69) is 5.16 Å². The van der Waals surface area contributed by atoms with Crippen molar-refractivity contribution in [2.45, 2.75) is 39.2 Å². The minimum absolute atomic E-state index is 0.0437.